The van der Waals surface area contributed by atoms with Crippen molar-refractivity contribution in [2.24, 2.45) is 0 Å². The van der Waals surface area contributed by atoms with Gasteiger partial charge in [-0.25, -0.2) is 0 Å². The Balaban J connectivity index is 2.65. The SMILES string of the molecule is C=CC(=O)N(C)Cc1cc(C#N)cs1. The summed E-state index contributed by atoms with van der Waals surface area (Å²) in [4.78, 5) is 13.7. The molecular formula is C10H10N2OS. The highest BCUT2D eigenvalue weighted by Crippen LogP contribution is 2.15. The number of likely N-dealkylation sites (N-methyl/N-ethyl adjacent to an activating group) is 1. The molecule has 1 aromatic rings. The lowest BCUT2D eigenvalue weighted by Crippen LogP contribution is -2.23. The first kappa shape index (κ1) is 10.5. The van der Waals surface area contributed by atoms with Crippen LogP contribution in [-0.2, 0) is 11.3 Å². The molecule has 0 fully saturated rings. The highest BCUT2D eigenvalue weighted by molar-refractivity contribution is 7.10. The van der Waals surface area contributed by atoms with E-state index >= 15 is 0 Å². The van der Waals surface area contributed by atoms with E-state index in [0.717, 1.165) is 4.88 Å². The van der Waals surface area contributed by atoms with Gasteiger partial charge in [0.2, 0.25) is 5.91 Å². The van der Waals surface area contributed by atoms with Crippen molar-refractivity contribution in [1.29, 1.82) is 5.26 Å². The third-order valence-electron chi connectivity index (χ3n) is 1.73. The van der Waals surface area contributed by atoms with Gasteiger partial charge in [0.05, 0.1) is 12.1 Å². The minimum Gasteiger partial charge on any atom is -0.337 e. The minimum atomic E-state index is -0.114. The van der Waals surface area contributed by atoms with Crippen LogP contribution >= 0.6 is 11.3 Å². The number of nitriles is 1. The van der Waals surface area contributed by atoms with Gasteiger partial charge in [-0.15, -0.1) is 11.3 Å². The smallest absolute Gasteiger partial charge is 0.246 e. The molecule has 0 aliphatic rings. The fourth-order valence-electron chi connectivity index (χ4n) is 0.990. The normalized spacial score (nSPS) is 9.14. The second-order valence-electron chi connectivity index (χ2n) is 2.81. The highest BCUT2D eigenvalue weighted by atomic mass is 32.1. The number of carbonyl (C=O) groups excluding carboxylic acids is 1. The molecule has 1 aromatic heterocycles. The Morgan fingerprint density at radius 1 is 1.86 bits per heavy atom. The van der Waals surface area contributed by atoms with Crippen molar-refractivity contribution in [2.75, 3.05) is 7.05 Å². The number of hydrogen-bond acceptors (Lipinski definition) is 3. The maximum absolute atomic E-state index is 11.1. The molecule has 14 heavy (non-hydrogen) atoms. The average Bonchev–Trinajstić information content (AvgIpc) is 2.64. The molecule has 0 aliphatic carbocycles. The van der Waals surface area contributed by atoms with Crippen molar-refractivity contribution < 1.29 is 4.79 Å². The second-order valence-corrected chi connectivity index (χ2v) is 3.81. The molecule has 4 heteroatoms. The molecule has 1 heterocycles. The molecule has 0 unspecified atom stereocenters. The summed E-state index contributed by atoms with van der Waals surface area (Å²) in [5.74, 6) is -0.114. The van der Waals surface area contributed by atoms with E-state index in [9.17, 15) is 4.79 Å². The van der Waals surface area contributed by atoms with Crippen molar-refractivity contribution in [1.82, 2.24) is 4.90 Å². The first-order valence-electron chi connectivity index (χ1n) is 4.02. The molecule has 0 saturated heterocycles. The number of amides is 1. The molecule has 3 nitrogen and oxygen atoms in total. The van der Waals surface area contributed by atoms with E-state index in [2.05, 4.69) is 12.6 Å². The van der Waals surface area contributed by atoms with Crippen LogP contribution in [-0.4, -0.2) is 17.9 Å². The summed E-state index contributed by atoms with van der Waals surface area (Å²) in [6.07, 6.45) is 1.28. The standard InChI is InChI=1S/C10H10N2OS/c1-3-10(13)12(2)6-9-4-8(5-11)7-14-9/h3-4,7H,1,6H2,2H3. The van der Waals surface area contributed by atoms with E-state index in [1.54, 1.807) is 23.4 Å². The van der Waals surface area contributed by atoms with Crippen LogP contribution in [0.1, 0.15) is 10.4 Å². The summed E-state index contributed by atoms with van der Waals surface area (Å²) < 4.78 is 0. The van der Waals surface area contributed by atoms with Crippen LogP contribution in [0.2, 0.25) is 0 Å². The fourth-order valence-corrected chi connectivity index (χ4v) is 1.85. The predicted octanol–water partition coefficient (Wildman–Crippen LogP) is 1.76. The number of thiophene rings is 1. The Morgan fingerprint density at radius 2 is 2.57 bits per heavy atom. The molecule has 72 valence electrons. The van der Waals surface area contributed by atoms with Crippen LogP contribution in [0.4, 0.5) is 0 Å². The van der Waals surface area contributed by atoms with E-state index in [-0.39, 0.29) is 5.91 Å². The lowest BCUT2D eigenvalue weighted by Gasteiger charge is -2.12. The summed E-state index contributed by atoms with van der Waals surface area (Å²) in [5.41, 5.74) is 0.643. The predicted molar refractivity (Wildman–Crippen MR) is 55.7 cm³/mol. The second kappa shape index (κ2) is 4.58. The average molecular weight is 206 g/mol. The number of hydrogen-bond donors (Lipinski definition) is 0. The van der Waals surface area contributed by atoms with Gasteiger partial charge in [0, 0.05) is 17.3 Å². The van der Waals surface area contributed by atoms with E-state index in [0.29, 0.717) is 12.1 Å². The largest absolute Gasteiger partial charge is 0.337 e. The zero-order valence-electron chi connectivity index (χ0n) is 7.86. The molecule has 0 N–H and O–H groups in total. The first-order chi connectivity index (χ1) is 6.67. The van der Waals surface area contributed by atoms with Gasteiger partial charge in [0.1, 0.15) is 6.07 Å². The molecule has 0 bridgehead atoms. The Labute approximate surface area is 86.9 Å². The summed E-state index contributed by atoms with van der Waals surface area (Å²) in [7, 11) is 1.70. The Bertz CT molecular complexity index is 389. The molecule has 0 aliphatic heterocycles. The molecule has 0 aromatic carbocycles. The number of rotatable bonds is 3. The fraction of sp³-hybridized carbons (Fsp3) is 0.200. The topological polar surface area (TPSA) is 44.1 Å². The summed E-state index contributed by atoms with van der Waals surface area (Å²) >= 11 is 1.48. The van der Waals surface area contributed by atoms with Crippen LogP contribution in [0.5, 0.6) is 0 Å². The van der Waals surface area contributed by atoms with E-state index in [1.807, 2.05) is 0 Å². The maximum Gasteiger partial charge on any atom is 0.246 e. The van der Waals surface area contributed by atoms with Crippen molar-refractivity contribution in [3.05, 3.63) is 34.5 Å². The van der Waals surface area contributed by atoms with E-state index in [4.69, 9.17) is 5.26 Å². The highest BCUT2D eigenvalue weighted by Gasteiger charge is 2.06. The first-order valence-corrected chi connectivity index (χ1v) is 4.90. The number of carbonyl (C=O) groups is 1. The molecule has 0 saturated carbocycles. The van der Waals surface area contributed by atoms with Gasteiger partial charge in [0.15, 0.2) is 0 Å². The third kappa shape index (κ3) is 2.44. The van der Waals surface area contributed by atoms with Gasteiger partial charge in [-0.05, 0) is 12.1 Å². The Kier molecular flexibility index (Phi) is 3.43. The lowest BCUT2D eigenvalue weighted by molar-refractivity contribution is -0.125. The number of nitrogens with zero attached hydrogens (tertiary/aromatic N) is 2. The molecule has 0 radical (unpaired) electrons. The quantitative estimate of drug-likeness (QED) is 0.707. The van der Waals surface area contributed by atoms with Crippen molar-refractivity contribution in [3.63, 3.8) is 0 Å². The van der Waals surface area contributed by atoms with Crippen LogP contribution in [0.3, 0.4) is 0 Å². The third-order valence-corrected chi connectivity index (χ3v) is 2.65. The zero-order chi connectivity index (χ0) is 10.6. The maximum atomic E-state index is 11.1. The van der Waals surface area contributed by atoms with Gasteiger partial charge in [-0.1, -0.05) is 6.58 Å². The molecule has 1 amide bonds. The molecule has 0 atom stereocenters. The van der Waals surface area contributed by atoms with Gasteiger partial charge >= 0.3 is 0 Å². The summed E-state index contributed by atoms with van der Waals surface area (Å²) in [6.45, 7) is 3.93. The summed E-state index contributed by atoms with van der Waals surface area (Å²) in [5, 5.41) is 10.4. The summed E-state index contributed by atoms with van der Waals surface area (Å²) in [6, 6.07) is 3.84. The lowest BCUT2D eigenvalue weighted by atomic mass is 10.3. The minimum absolute atomic E-state index is 0.114. The van der Waals surface area contributed by atoms with Crippen LogP contribution in [0.25, 0.3) is 0 Å². The van der Waals surface area contributed by atoms with Crippen molar-refractivity contribution in [3.8, 4) is 6.07 Å². The monoisotopic (exact) mass is 206 g/mol. The van der Waals surface area contributed by atoms with Gasteiger partial charge < -0.3 is 4.90 Å². The zero-order valence-corrected chi connectivity index (χ0v) is 8.67. The van der Waals surface area contributed by atoms with Gasteiger partial charge in [-0.3, -0.25) is 4.79 Å². The van der Waals surface area contributed by atoms with Crippen LogP contribution < -0.4 is 0 Å². The van der Waals surface area contributed by atoms with Crippen molar-refractivity contribution >= 4 is 17.2 Å². The van der Waals surface area contributed by atoms with Gasteiger partial charge in [-0.2, -0.15) is 5.26 Å². The molecule has 0 spiro atoms. The molecular weight excluding hydrogens is 196 g/mol. The Morgan fingerprint density at radius 3 is 3.07 bits per heavy atom. The van der Waals surface area contributed by atoms with Gasteiger partial charge in [0.25, 0.3) is 0 Å². The van der Waals surface area contributed by atoms with E-state index < -0.39 is 0 Å². The van der Waals surface area contributed by atoms with Crippen molar-refractivity contribution in [2.45, 2.75) is 6.54 Å². The Hall–Kier alpha value is -1.60. The van der Waals surface area contributed by atoms with E-state index in [1.165, 1.54) is 17.4 Å². The van der Waals surface area contributed by atoms with Crippen LogP contribution in [0, 0.1) is 11.3 Å². The molecule has 1 rings (SSSR count). The van der Waals surface area contributed by atoms with Crippen LogP contribution in [0.15, 0.2) is 24.1 Å².